The van der Waals surface area contributed by atoms with Crippen molar-refractivity contribution in [3.05, 3.63) is 11.5 Å². The van der Waals surface area contributed by atoms with E-state index in [4.69, 9.17) is 4.52 Å². The summed E-state index contributed by atoms with van der Waals surface area (Å²) < 4.78 is 33.3. The summed E-state index contributed by atoms with van der Waals surface area (Å²) in [6.45, 7) is 0.657. The maximum Gasteiger partial charge on any atom is 0.282 e. The van der Waals surface area contributed by atoms with Crippen LogP contribution in [-0.2, 0) is 13.0 Å². The summed E-state index contributed by atoms with van der Waals surface area (Å²) in [4.78, 5) is 9.86. The second kappa shape index (κ2) is 4.84. The number of imidazole rings is 1. The molecule has 0 bridgehead atoms. The molecule has 0 saturated heterocycles. The van der Waals surface area contributed by atoms with E-state index in [1.165, 1.54) is 0 Å². The van der Waals surface area contributed by atoms with E-state index in [0.29, 0.717) is 24.7 Å². The number of hydrogen-bond donors (Lipinski definition) is 0. The first-order valence-corrected chi connectivity index (χ1v) is 6.46. The van der Waals surface area contributed by atoms with Crippen LogP contribution in [-0.4, -0.2) is 33.8 Å². The summed E-state index contributed by atoms with van der Waals surface area (Å²) in [5.41, 5.74) is -0.00819. The summed E-state index contributed by atoms with van der Waals surface area (Å²) in [6, 6.07) is 0. The second-order valence-electron chi connectivity index (χ2n) is 4.97. The van der Waals surface area contributed by atoms with Gasteiger partial charge >= 0.3 is 0 Å². The molecule has 2 aromatic rings. The van der Waals surface area contributed by atoms with E-state index in [1.807, 2.05) is 0 Å². The third-order valence-corrected chi connectivity index (χ3v) is 3.33. The monoisotopic (exact) mass is 283 g/mol. The van der Waals surface area contributed by atoms with E-state index >= 15 is 0 Å². The van der Waals surface area contributed by atoms with Crippen LogP contribution < -0.4 is 4.90 Å². The summed E-state index contributed by atoms with van der Waals surface area (Å²) >= 11 is 0. The Morgan fingerprint density at radius 3 is 2.70 bits per heavy atom. The van der Waals surface area contributed by atoms with Gasteiger partial charge in [0, 0.05) is 27.1 Å². The van der Waals surface area contributed by atoms with Gasteiger partial charge in [0.05, 0.1) is 0 Å². The normalized spacial score (nSPS) is 14.7. The van der Waals surface area contributed by atoms with Crippen molar-refractivity contribution < 1.29 is 13.3 Å². The lowest BCUT2D eigenvalue weighted by Crippen LogP contribution is -2.12. The van der Waals surface area contributed by atoms with Crippen LogP contribution in [0.4, 0.5) is 14.7 Å². The SMILES string of the molecule is CN(C)c1noc(-c2c(C(F)F)nc3n2CCCC3)n1. The summed E-state index contributed by atoms with van der Waals surface area (Å²) in [5.74, 6) is 1.13. The van der Waals surface area contributed by atoms with Gasteiger partial charge in [0.1, 0.15) is 17.2 Å². The molecule has 0 amide bonds. The Morgan fingerprint density at radius 1 is 1.25 bits per heavy atom. The smallest absolute Gasteiger partial charge is 0.282 e. The Bertz CT molecular complexity index is 619. The Morgan fingerprint density at radius 2 is 2.05 bits per heavy atom. The van der Waals surface area contributed by atoms with Gasteiger partial charge in [-0.25, -0.2) is 13.8 Å². The van der Waals surface area contributed by atoms with Crippen molar-refractivity contribution in [2.24, 2.45) is 0 Å². The fourth-order valence-electron chi connectivity index (χ4n) is 2.38. The Labute approximate surface area is 114 Å². The number of rotatable bonds is 3. The zero-order valence-electron chi connectivity index (χ0n) is 11.3. The highest BCUT2D eigenvalue weighted by molar-refractivity contribution is 5.55. The Kier molecular flexibility index (Phi) is 3.15. The van der Waals surface area contributed by atoms with E-state index in [-0.39, 0.29) is 17.3 Å². The average Bonchev–Trinajstić information content (AvgIpc) is 3.02. The standard InChI is InChI=1S/C12H15F2N5O/c1-18(2)12-16-11(20-17-12)9-8(10(13)14)15-7-5-3-4-6-19(7)9/h10H,3-6H2,1-2H3. The first kappa shape index (κ1) is 13.0. The first-order chi connectivity index (χ1) is 9.58. The molecule has 20 heavy (non-hydrogen) atoms. The number of alkyl halides is 2. The van der Waals surface area contributed by atoms with Crippen molar-refractivity contribution in [2.45, 2.75) is 32.2 Å². The maximum absolute atomic E-state index is 13.2. The molecule has 0 aromatic carbocycles. The molecule has 0 unspecified atom stereocenters. The Hall–Kier alpha value is -1.99. The third kappa shape index (κ3) is 2.04. The lowest BCUT2D eigenvalue weighted by atomic mass is 10.1. The Balaban J connectivity index is 2.12. The van der Waals surface area contributed by atoms with Gasteiger partial charge in [0.25, 0.3) is 18.3 Å². The van der Waals surface area contributed by atoms with Crippen LogP contribution >= 0.6 is 0 Å². The molecule has 0 N–H and O–H groups in total. The minimum atomic E-state index is -2.65. The molecule has 0 radical (unpaired) electrons. The molecule has 3 heterocycles. The van der Waals surface area contributed by atoms with Gasteiger partial charge in [-0.3, -0.25) is 0 Å². The van der Waals surface area contributed by atoms with E-state index < -0.39 is 6.43 Å². The lowest BCUT2D eigenvalue weighted by Gasteiger charge is -2.14. The predicted molar refractivity (Wildman–Crippen MR) is 67.7 cm³/mol. The highest BCUT2D eigenvalue weighted by Crippen LogP contribution is 2.33. The van der Waals surface area contributed by atoms with Gasteiger partial charge in [-0.2, -0.15) is 4.98 Å². The quantitative estimate of drug-likeness (QED) is 0.864. The summed E-state index contributed by atoms with van der Waals surface area (Å²) in [5, 5.41) is 3.77. The highest BCUT2D eigenvalue weighted by atomic mass is 19.3. The second-order valence-corrected chi connectivity index (χ2v) is 4.97. The van der Waals surface area contributed by atoms with Crippen LogP contribution in [0.25, 0.3) is 11.6 Å². The van der Waals surface area contributed by atoms with E-state index in [0.717, 1.165) is 12.8 Å². The molecule has 0 saturated carbocycles. The third-order valence-electron chi connectivity index (χ3n) is 3.33. The molecule has 1 aliphatic rings. The topological polar surface area (TPSA) is 60.0 Å². The predicted octanol–water partition coefficient (Wildman–Crippen LogP) is 2.27. The molecule has 1 aliphatic heterocycles. The van der Waals surface area contributed by atoms with Crippen molar-refractivity contribution in [2.75, 3.05) is 19.0 Å². The maximum atomic E-state index is 13.2. The number of aromatic nitrogens is 4. The lowest BCUT2D eigenvalue weighted by molar-refractivity contribution is 0.147. The van der Waals surface area contributed by atoms with Crippen LogP contribution in [0.15, 0.2) is 4.52 Å². The van der Waals surface area contributed by atoms with Crippen LogP contribution in [0.2, 0.25) is 0 Å². The van der Waals surface area contributed by atoms with E-state index in [1.54, 1.807) is 23.6 Å². The number of fused-ring (bicyclic) bond motifs is 1. The molecule has 0 aliphatic carbocycles. The van der Waals surface area contributed by atoms with Gasteiger partial charge in [0.15, 0.2) is 0 Å². The molecule has 2 aromatic heterocycles. The van der Waals surface area contributed by atoms with Crippen LogP contribution in [0.1, 0.15) is 30.8 Å². The van der Waals surface area contributed by atoms with Crippen molar-refractivity contribution in [3.8, 4) is 11.6 Å². The molecule has 0 spiro atoms. The van der Waals surface area contributed by atoms with Gasteiger partial charge in [0.2, 0.25) is 0 Å². The zero-order chi connectivity index (χ0) is 14.3. The molecular weight excluding hydrogens is 268 g/mol. The molecule has 0 atom stereocenters. The largest absolute Gasteiger partial charge is 0.344 e. The molecule has 8 heteroatoms. The van der Waals surface area contributed by atoms with Gasteiger partial charge in [-0.1, -0.05) is 0 Å². The van der Waals surface area contributed by atoms with E-state index in [9.17, 15) is 8.78 Å². The number of nitrogens with zero attached hydrogens (tertiary/aromatic N) is 5. The number of hydrogen-bond acceptors (Lipinski definition) is 5. The zero-order valence-corrected chi connectivity index (χ0v) is 11.3. The minimum Gasteiger partial charge on any atom is -0.344 e. The van der Waals surface area contributed by atoms with E-state index in [2.05, 4.69) is 15.1 Å². The molecule has 6 nitrogen and oxygen atoms in total. The molecule has 108 valence electrons. The fraction of sp³-hybridized carbons (Fsp3) is 0.583. The van der Waals surface area contributed by atoms with Gasteiger partial charge in [-0.15, -0.1) is 0 Å². The average molecular weight is 283 g/mol. The fourth-order valence-corrected chi connectivity index (χ4v) is 2.38. The first-order valence-electron chi connectivity index (χ1n) is 6.46. The van der Waals surface area contributed by atoms with Gasteiger partial charge in [-0.05, 0) is 18.0 Å². The van der Waals surface area contributed by atoms with Crippen LogP contribution in [0.5, 0.6) is 0 Å². The van der Waals surface area contributed by atoms with Crippen molar-refractivity contribution in [3.63, 3.8) is 0 Å². The molecule has 0 fully saturated rings. The molecule has 3 rings (SSSR count). The summed E-state index contributed by atoms with van der Waals surface area (Å²) in [6.07, 6.45) is -0.0496. The molecular formula is C12H15F2N5O. The minimum absolute atomic E-state index is 0.102. The van der Waals surface area contributed by atoms with Crippen LogP contribution in [0, 0.1) is 0 Å². The van der Waals surface area contributed by atoms with Crippen molar-refractivity contribution in [1.82, 2.24) is 19.7 Å². The number of aryl methyl sites for hydroxylation is 1. The highest BCUT2D eigenvalue weighted by Gasteiger charge is 2.29. The van der Waals surface area contributed by atoms with Crippen molar-refractivity contribution in [1.29, 1.82) is 0 Å². The number of halogens is 2. The van der Waals surface area contributed by atoms with Crippen molar-refractivity contribution >= 4 is 5.95 Å². The van der Waals surface area contributed by atoms with Crippen LogP contribution in [0.3, 0.4) is 0 Å². The van der Waals surface area contributed by atoms with Gasteiger partial charge < -0.3 is 14.0 Å². The number of anilines is 1. The summed E-state index contributed by atoms with van der Waals surface area (Å²) in [7, 11) is 3.52.